The Labute approximate surface area is 136 Å². The molecule has 0 aliphatic heterocycles. The molecule has 0 aliphatic carbocycles. The summed E-state index contributed by atoms with van der Waals surface area (Å²) in [5.74, 6) is -0.684. The number of benzene rings is 1. The van der Waals surface area contributed by atoms with Gasteiger partial charge in [-0.05, 0) is 24.6 Å². The minimum absolute atomic E-state index is 0.0112. The van der Waals surface area contributed by atoms with E-state index in [0.29, 0.717) is 5.82 Å². The molecular weight excluding hydrogens is 310 g/mol. The third-order valence-electron chi connectivity index (χ3n) is 3.32. The van der Waals surface area contributed by atoms with E-state index in [-0.39, 0.29) is 23.8 Å². The first kappa shape index (κ1) is 15.4. The average Bonchev–Trinajstić information content (AvgIpc) is 2.95. The molecule has 24 heavy (non-hydrogen) atoms. The molecule has 2 amide bonds. The first-order valence-electron chi connectivity index (χ1n) is 7.10. The maximum Gasteiger partial charge on any atom is 0.271 e. The number of amides is 2. The van der Waals surface area contributed by atoms with Crippen LogP contribution in [-0.2, 0) is 4.79 Å². The van der Waals surface area contributed by atoms with Crippen LogP contribution in [0.15, 0.2) is 24.4 Å². The van der Waals surface area contributed by atoms with E-state index < -0.39 is 11.8 Å². The first-order chi connectivity index (χ1) is 11.4. The van der Waals surface area contributed by atoms with E-state index in [0.717, 1.165) is 16.6 Å². The Hall–Kier alpha value is -3.49. The summed E-state index contributed by atoms with van der Waals surface area (Å²) in [7, 11) is 0. The molecule has 0 bridgehead atoms. The van der Waals surface area contributed by atoms with Crippen LogP contribution in [0.5, 0.6) is 0 Å². The molecular formula is C15H15N7O2. The number of nitrogens with one attached hydrogen (secondary N) is 2. The summed E-state index contributed by atoms with van der Waals surface area (Å²) in [6.45, 7) is 1.68. The zero-order chi connectivity index (χ0) is 17.3. The predicted molar refractivity (Wildman–Crippen MR) is 87.8 cm³/mol. The highest BCUT2D eigenvalue weighted by atomic mass is 16.2. The molecule has 0 aliphatic rings. The van der Waals surface area contributed by atoms with Crippen LogP contribution in [-0.4, -0.2) is 38.3 Å². The van der Waals surface area contributed by atoms with Gasteiger partial charge in [-0.25, -0.2) is 15.0 Å². The number of primary amides is 1. The van der Waals surface area contributed by atoms with Crippen molar-refractivity contribution in [3.05, 3.63) is 35.7 Å². The number of imidazole rings is 1. The minimum Gasteiger partial charge on any atom is -0.382 e. The van der Waals surface area contributed by atoms with Crippen molar-refractivity contribution in [1.29, 1.82) is 0 Å². The van der Waals surface area contributed by atoms with E-state index in [4.69, 9.17) is 11.5 Å². The van der Waals surface area contributed by atoms with Crippen LogP contribution >= 0.6 is 0 Å². The second kappa shape index (κ2) is 5.95. The van der Waals surface area contributed by atoms with E-state index in [2.05, 4.69) is 25.3 Å². The highest BCUT2D eigenvalue weighted by Gasteiger charge is 2.16. The van der Waals surface area contributed by atoms with Gasteiger partial charge in [-0.15, -0.1) is 0 Å². The molecule has 0 spiro atoms. The lowest BCUT2D eigenvalue weighted by Gasteiger charge is -2.05. The van der Waals surface area contributed by atoms with Gasteiger partial charge in [0.25, 0.3) is 5.91 Å². The Balaban J connectivity index is 1.98. The molecule has 0 unspecified atom stereocenters. The zero-order valence-corrected chi connectivity index (χ0v) is 12.8. The summed E-state index contributed by atoms with van der Waals surface area (Å²) in [6.07, 6.45) is 1.22. The lowest BCUT2D eigenvalue weighted by atomic mass is 10.2. The molecule has 0 atom stereocenters. The fourth-order valence-corrected chi connectivity index (χ4v) is 2.18. The SMILES string of the molecule is Cc1ccc2nc(-c3nc(C(=O)NCC(N)=O)cnc3N)[nH]c2c1. The van der Waals surface area contributed by atoms with Crippen molar-refractivity contribution >= 4 is 28.7 Å². The average molecular weight is 325 g/mol. The topological polar surface area (TPSA) is 153 Å². The smallest absolute Gasteiger partial charge is 0.271 e. The molecule has 0 radical (unpaired) electrons. The number of carbonyl (C=O) groups excluding carboxylic acids is 2. The summed E-state index contributed by atoms with van der Waals surface area (Å²) < 4.78 is 0. The Morgan fingerprint density at radius 3 is 2.83 bits per heavy atom. The zero-order valence-electron chi connectivity index (χ0n) is 12.8. The van der Waals surface area contributed by atoms with E-state index in [1.807, 2.05) is 25.1 Å². The normalized spacial score (nSPS) is 10.7. The van der Waals surface area contributed by atoms with Crippen LogP contribution in [0, 0.1) is 6.92 Å². The van der Waals surface area contributed by atoms with Gasteiger partial charge >= 0.3 is 0 Å². The lowest BCUT2D eigenvalue weighted by molar-refractivity contribution is -0.117. The molecule has 0 saturated heterocycles. The molecule has 2 aromatic heterocycles. The third kappa shape index (κ3) is 3.00. The van der Waals surface area contributed by atoms with E-state index in [9.17, 15) is 9.59 Å². The Morgan fingerprint density at radius 1 is 1.29 bits per heavy atom. The fraction of sp³-hybridized carbons (Fsp3) is 0.133. The number of rotatable bonds is 4. The molecule has 122 valence electrons. The number of carbonyl (C=O) groups is 2. The van der Waals surface area contributed by atoms with Gasteiger partial charge < -0.3 is 21.8 Å². The molecule has 3 rings (SSSR count). The van der Waals surface area contributed by atoms with Gasteiger partial charge in [-0.1, -0.05) is 6.07 Å². The molecule has 9 heteroatoms. The van der Waals surface area contributed by atoms with Crippen molar-refractivity contribution in [2.24, 2.45) is 5.73 Å². The molecule has 9 nitrogen and oxygen atoms in total. The summed E-state index contributed by atoms with van der Waals surface area (Å²) >= 11 is 0. The van der Waals surface area contributed by atoms with Crippen molar-refractivity contribution in [2.45, 2.75) is 6.92 Å². The monoisotopic (exact) mass is 325 g/mol. The maximum atomic E-state index is 12.0. The van der Waals surface area contributed by atoms with Gasteiger partial charge in [-0.3, -0.25) is 9.59 Å². The fourth-order valence-electron chi connectivity index (χ4n) is 2.18. The number of nitrogen functional groups attached to an aromatic ring is 1. The predicted octanol–water partition coefficient (Wildman–Crippen LogP) is 0.126. The van der Waals surface area contributed by atoms with E-state index >= 15 is 0 Å². The summed E-state index contributed by atoms with van der Waals surface area (Å²) in [5.41, 5.74) is 13.8. The van der Waals surface area contributed by atoms with Gasteiger partial charge in [-0.2, -0.15) is 0 Å². The van der Waals surface area contributed by atoms with Gasteiger partial charge in [0.2, 0.25) is 5.91 Å². The number of anilines is 1. The largest absolute Gasteiger partial charge is 0.382 e. The second-order valence-corrected chi connectivity index (χ2v) is 5.24. The van der Waals surface area contributed by atoms with Crippen molar-refractivity contribution in [2.75, 3.05) is 12.3 Å². The van der Waals surface area contributed by atoms with Gasteiger partial charge in [0, 0.05) is 0 Å². The second-order valence-electron chi connectivity index (χ2n) is 5.24. The Morgan fingerprint density at radius 2 is 2.08 bits per heavy atom. The van der Waals surface area contributed by atoms with Crippen LogP contribution in [0.4, 0.5) is 5.82 Å². The molecule has 2 heterocycles. The number of hydrogen-bond donors (Lipinski definition) is 4. The Bertz CT molecular complexity index is 948. The maximum absolute atomic E-state index is 12.0. The van der Waals surface area contributed by atoms with Crippen molar-refractivity contribution in [3.63, 3.8) is 0 Å². The first-order valence-corrected chi connectivity index (χ1v) is 7.10. The number of aromatic nitrogens is 4. The lowest BCUT2D eigenvalue weighted by Crippen LogP contribution is -2.33. The minimum atomic E-state index is -0.653. The van der Waals surface area contributed by atoms with Crippen molar-refractivity contribution in [3.8, 4) is 11.5 Å². The summed E-state index contributed by atoms with van der Waals surface area (Å²) in [5, 5.41) is 2.34. The number of aromatic amines is 1. The quantitative estimate of drug-likeness (QED) is 0.534. The van der Waals surface area contributed by atoms with Gasteiger partial charge in [0.1, 0.15) is 11.4 Å². The van der Waals surface area contributed by atoms with Crippen molar-refractivity contribution in [1.82, 2.24) is 25.3 Å². The van der Waals surface area contributed by atoms with Gasteiger partial charge in [0.05, 0.1) is 23.8 Å². The van der Waals surface area contributed by atoms with Crippen LogP contribution in [0.2, 0.25) is 0 Å². The van der Waals surface area contributed by atoms with Crippen LogP contribution in [0.3, 0.4) is 0 Å². The number of nitrogens with two attached hydrogens (primary N) is 2. The standard InChI is InChI=1S/C15H15N7O2/c1-7-2-3-8-9(4-7)22-14(21-8)12-13(17)18-5-10(20-12)15(24)19-6-11(16)23/h2-5H,6H2,1H3,(H2,16,23)(H2,17,18)(H,19,24)(H,21,22). The molecule has 3 aromatic rings. The molecule has 6 N–H and O–H groups in total. The van der Waals surface area contributed by atoms with Crippen LogP contribution in [0.1, 0.15) is 16.1 Å². The van der Waals surface area contributed by atoms with Crippen molar-refractivity contribution < 1.29 is 9.59 Å². The molecule has 0 fully saturated rings. The number of aryl methyl sites for hydroxylation is 1. The third-order valence-corrected chi connectivity index (χ3v) is 3.32. The number of fused-ring (bicyclic) bond motifs is 1. The van der Waals surface area contributed by atoms with Gasteiger partial charge in [0.15, 0.2) is 11.6 Å². The highest BCUT2D eigenvalue weighted by molar-refractivity contribution is 5.95. The summed E-state index contributed by atoms with van der Waals surface area (Å²) in [4.78, 5) is 38.4. The van der Waals surface area contributed by atoms with E-state index in [1.165, 1.54) is 6.20 Å². The number of nitrogens with zero attached hydrogens (tertiary/aromatic N) is 3. The van der Waals surface area contributed by atoms with Crippen LogP contribution < -0.4 is 16.8 Å². The highest BCUT2D eigenvalue weighted by Crippen LogP contribution is 2.23. The molecule has 0 saturated carbocycles. The summed E-state index contributed by atoms with van der Waals surface area (Å²) in [6, 6.07) is 5.76. The Kier molecular flexibility index (Phi) is 3.82. The number of H-pyrrole nitrogens is 1. The van der Waals surface area contributed by atoms with Crippen LogP contribution in [0.25, 0.3) is 22.6 Å². The number of hydrogen-bond acceptors (Lipinski definition) is 6. The van der Waals surface area contributed by atoms with E-state index in [1.54, 1.807) is 0 Å². The molecule has 1 aromatic carbocycles.